The summed E-state index contributed by atoms with van der Waals surface area (Å²) in [5.74, 6) is 0.0602. The molecule has 33 heavy (non-hydrogen) atoms. The summed E-state index contributed by atoms with van der Waals surface area (Å²) in [7, 11) is 1.42. The Morgan fingerprint density at radius 3 is 2.42 bits per heavy atom. The van der Waals surface area contributed by atoms with E-state index in [1.165, 1.54) is 18.0 Å². The molecule has 1 unspecified atom stereocenters. The minimum Gasteiger partial charge on any atom is -0.335 e. The summed E-state index contributed by atoms with van der Waals surface area (Å²) in [6.07, 6.45) is 5.15. The van der Waals surface area contributed by atoms with Crippen LogP contribution < -0.4 is 21.9 Å². The van der Waals surface area contributed by atoms with Crippen LogP contribution in [0.4, 0.5) is 4.79 Å². The second-order valence-electron chi connectivity index (χ2n) is 8.98. The third-order valence-corrected chi connectivity index (χ3v) is 6.73. The third-order valence-electron chi connectivity index (χ3n) is 5.64. The molecule has 2 N–H and O–H groups in total. The molecule has 11 heteroatoms. The van der Waals surface area contributed by atoms with Crippen molar-refractivity contribution in [2.45, 2.75) is 82.7 Å². The zero-order valence-corrected chi connectivity index (χ0v) is 20.6. The van der Waals surface area contributed by atoms with Crippen molar-refractivity contribution in [1.82, 2.24) is 29.7 Å². The van der Waals surface area contributed by atoms with Crippen molar-refractivity contribution < 1.29 is 9.59 Å². The molecule has 2 aromatic rings. The van der Waals surface area contributed by atoms with Gasteiger partial charge in [-0.25, -0.2) is 19.6 Å². The molecule has 1 aliphatic rings. The lowest BCUT2D eigenvalue weighted by Gasteiger charge is -2.23. The molecule has 0 aliphatic heterocycles. The maximum Gasteiger partial charge on any atom is 0.332 e. The van der Waals surface area contributed by atoms with Crippen LogP contribution >= 0.6 is 11.8 Å². The number of imide groups is 1. The zero-order valence-electron chi connectivity index (χ0n) is 19.8. The predicted molar refractivity (Wildman–Crippen MR) is 127 cm³/mol. The Labute approximate surface area is 196 Å². The molecule has 0 aromatic carbocycles. The lowest BCUT2D eigenvalue weighted by Crippen LogP contribution is -2.47. The van der Waals surface area contributed by atoms with Crippen LogP contribution in [0, 0.1) is 12.8 Å². The third kappa shape index (κ3) is 5.82. The summed E-state index contributed by atoms with van der Waals surface area (Å²) in [6, 6.07) is -0.423. The molecular weight excluding hydrogens is 444 g/mol. The SMILES string of the molecule is Cc1nc(SC(C)C(=O)NC(=O)NC2CCCCC2)c2c(=O)n(C)c(=O)n(CC(C)C)c2n1. The number of carbonyl (C=O) groups is 2. The topological polar surface area (TPSA) is 128 Å². The normalized spacial score (nSPS) is 15.6. The van der Waals surface area contributed by atoms with Crippen LogP contribution in [0.2, 0.25) is 0 Å². The van der Waals surface area contributed by atoms with Gasteiger partial charge >= 0.3 is 11.7 Å². The van der Waals surface area contributed by atoms with E-state index in [0.29, 0.717) is 17.4 Å². The molecule has 0 spiro atoms. The summed E-state index contributed by atoms with van der Waals surface area (Å²) in [6.45, 7) is 7.65. The summed E-state index contributed by atoms with van der Waals surface area (Å²) >= 11 is 1.07. The van der Waals surface area contributed by atoms with Crippen molar-refractivity contribution in [1.29, 1.82) is 0 Å². The highest BCUT2D eigenvalue weighted by molar-refractivity contribution is 8.00. The van der Waals surface area contributed by atoms with Crippen LogP contribution in [0.3, 0.4) is 0 Å². The maximum absolute atomic E-state index is 13.0. The van der Waals surface area contributed by atoms with E-state index in [1.807, 2.05) is 13.8 Å². The van der Waals surface area contributed by atoms with E-state index in [9.17, 15) is 19.2 Å². The van der Waals surface area contributed by atoms with E-state index in [0.717, 1.165) is 42.0 Å². The van der Waals surface area contributed by atoms with Gasteiger partial charge in [0.2, 0.25) is 5.91 Å². The number of carbonyl (C=O) groups excluding carboxylic acids is 2. The van der Waals surface area contributed by atoms with Gasteiger partial charge in [-0.15, -0.1) is 0 Å². The van der Waals surface area contributed by atoms with E-state index in [-0.39, 0.29) is 23.0 Å². The number of aryl methyl sites for hydroxylation is 1. The Morgan fingerprint density at radius 2 is 1.79 bits per heavy atom. The second-order valence-corrected chi connectivity index (χ2v) is 10.3. The van der Waals surface area contributed by atoms with Crippen LogP contribution in [0.25, 0.3) is 11.0 Å². The summed E-state index contributed by atoms with van der Waals surface area (Å²) in [5, 5.41) is 5.06. The first kappa shape index (κ1) is 24.9. The second kappa shape index (κ2) is 10.5. The Hall–Kier alpha value is -2.69. The fourth-order valence-corrected chi connectivity index (χ4v) is 4.94. The molecular formula is C22H32N6O4S. The number of rotatable bonds is 6. The van der Waals surface area contributed by atoms with Gasteiger partial charge in [-0.2, -0.15) is 0 Å². The first-order valence-corrected chi connectivity index (χ1v) is 12.2. The highest BCUT2D eigenvalue weighted by atomic mass is 32.2. The van der Waals surface area contributed by atoms with Gasteiger partial charge in [-0.3, -0.25) is 24.0 Å². The quantitative estimate of drug-likeness (QED) is 0.483. The number of fused-ring (bicyclic) bond motifs is 1. The largest absolute Gasteiger partial charge is 0.335 e. The smallest absolute Gasteiger partial charge is 0.332 e. The fourth-order valence-electron chi connectivity index (χ4n) is 3.96. The van der Waals surface area contributed by atoms with Crippen LogP contribution in [0.15, 0.2) is 14.6 Å². The predicted octanol–water partition coefficient (Wildman–Crippen LogP) is 2.09. The summed E-state index contributed by atoms with van der Waals surface area (Å²) in [4.78, 5) is 59.4. The van der Waals surface area contributed by atoms with Crippen molar-refractivity contribution in [2.75, 3.05) is 0 Å². The number of hydrogen-bond acceptors (Lipinski definition) is 7. The van der Waals surface area contributed by atoms with Gasteiger partial charge in [-0.1, -0.05) is 44.9 Å². The van der Waals surface area contributed by atoms with E-state index in [2.05, 4.69) is 20.6 Å². The molecule has 1 saturated carbocycles. The number of nitrogens with zero attached hydrogens (tertiary/aromatic N) is 4. The minimum absolute atomic E-state index is 0.0867. The molecule has 180 valence electrons. The van der Waals surface area contributed by atoms with Crippen molar-refractivity contribution in [3.05, 3.63) is 26.7 Å². The average Bonchev–Trinajstić information content (AvgIpc) is 2.75. The highest BCUT2D eigenvalue weighted by Crippen LogP contribution is 2.26. The van der Waals surface area contributed by atoms with Gasteiger partial charge in [0.25, 0.3) is 5.56 Å². The average molecular weight is 477 g/mol. The van der Waals surface area contributed by atoms with Crippen LogP contribution in [-0.2, 0) is 18.4 Å². The van der Waals surface area contributed by atoms with E-state index < -0.39 is 28.4 Å². The molecule has 3 amide bonds. The molecule has 1 fully saturated rings. The van der Waals surface area contributed by atoms with Crippen molar-refractivity contribution in [3.63, 3.8) is 0 Å². The molecule has 0 saturated heterocycles. The zero-order chi connectivity index (χ0) is 24.3. The van der Waals surface area contributed by atoms with Gasteiger partial charge in [0.1, 0.15) is 16.2 Å². The Morgan fingerprint density at radius 1 is 1.12 bits per heavy atom. The molecule has 1 aliphatic carbocycles. The van der Waals surface area contributed by atoms with Crippen LogP contribution in [0.1, 0.15) is 58.7 Å². The highest BCUT2D eigenvalue weighted by Gasteiger charge is 2.24. The van der Waals surface area contributed by atoms with Gasteiger partial charge < -0.3 is 5.32 Å². The van der Waals surface area contributed by atoms with Crippen molar-refractivity contribution in [2.24, 2.45) is 13.0 Å². The number of urea groups is 1. The van der Waals surface area contributed by atoms with E-state index in [4.69, 9.17) is 0 Å². The van der Waals surface area contributed by atoms with Crippen molar-refractivity contribution >= 4 is 34.7 Å². The summed E-state index contributed by atoms with van der Waals surface area (Å²) < 4.78 is 2.51. The standard InChI is InChI=1S/C22H32N6O4S/c1-12(2)11-28-17-16(20(30)27(5)22(28)32)19(24-14(4)23-17)33-13(3)18(29)26-21(31)25-15-9-7-6-8-10-15/h12-13,15H,6-11H2,1-5H3,(H2,25,26,29,31). The Kier molecular flexibility index (Phi) is 7.93. The van der Waals surface area contributed by atoms with Crippen molar-refractivity contribution in [3.8, 4) is 0 Å². The lowest BCUT2D eigenvalue weighted by molar-refractivity contribution is -0.119. The number of hydrogen-bond donors (Lipinski definition) is 2. The first-order valence-electron chi connectivity index (χ1n) is 11.3. The number of amides is 3. The van der Waals surface area contributed by atoms with E-state index >= 15 is 0 Å². The fraction of sp³-hybridized carbons (Fsp3) is 0.636. The summed E-state index contributed by atoms with van der Waals surface area (Å²) in [5.41, 5.74) is -0.699. The lowest BCUT2D eigenvalue weighted by atomic mass is 9.96. The molecule has 2 heterocycles. The van der Waals surface area contributed by atoms with Crippen LogP contribution in [0.5, 0.6) is 0 Å². The Balaban J connectivity index is 1.86. The molecule has 10 nitrogen and oxygen atoms in total. The van der Waals surface area contributed by atoms with E-state index in [1.54, 1.807) is 13.8 Å². The van der Waals surface area contributed by atoms with Gasteiger partial charge in [0, 0.05) is 19.6 Å². The molecule has 0 bridgehead atoms. The minimum atomic E-state index is -0.699. The molecule has 0 radical (unpaired) electrons. The maximum atomic E-state index is 13.0. The Bertz CT molecular complexity index is 1170. The number of aromatic nitrogens is 4. The van der Waals surface area contributed by atoms with Crippen LogP contribution in [-0.4, -0.2) is 42.3 Å². The molecule has 3 rings (SSSR count). The molecule has 1 atom stereocenters. The first-order chi connectivity index (χ1) is 15.6. The van der Waals surface area contributed by atoms with Gasteiger partial charge in [0.05, 0.1) is 5.25 Å². The van der Waals surface area contributed by atoms with Gasteiger partial charge in [-0.05, 0) is 32.6 Å². The molecule has 2 aromatic heterocycles. The monoisotopic (exact) mass is 476 g/mol. The number of thioether (sulfide) groups is 1. The van der Waals surface area contributed by atoms with Gasteiger partial charge in [0.15, 0.2) is 5.65 Å². The number of nitrogens with one attached hydrogen (secondary N) is 2.